The predicted molar refractivity (Wildman–Crippen MR) is 96.4 cm³/mol. The number of aliphatic hydroxyl groups excluding tert-OH is 1. The molecule has 2 rings (SSSR count). The Morgan fingerprint density at radius 3 is 2.30 bits per heavy atom. The average Bonchev–Trinajstić information content (AvgIpc) is 2.59. The van der Waals surface area contributed by atoms with E-state index in [1.165, 1.54) is 0 Å². The zero-order valence-corrected chi connectivity index (χ0v) is 15.2. The summed E-state index contributed by atoms with van der Waals surface area (Å²) in [5.41, 5.74) is 1.77. The Morgan fingerprint density at radius 1 is 1.13 bits per heavy atom. The maximum absolute atomic E-state index is 12.2. The topological polar surface area (TPSA) is 40.5 Å². The first-order valence-corrected chi connectivity index (χ1v) is 8.69. The van der Waals surface area contributed by atoms with Crippen LogP contribution in [0.15, 0.2) is 59.1 Å². The number of benzene rings is 2. The van der Waals surface area contributed by atoms with E-state index in [2.05, 4.69) is 15.9 Å². The van der Waals surface area contributed by atoms with Gasteiger partial charge in [-0.1, -0.05) is 58.4 Å². The van der Waals surface area contributed by atoms with Crippen LogP contribution in [-0.2, 0) is 4.79 Å². The number of aliphatic hydroxyl groups is 1. The van der Waals surface area contributed by atoms with Crippen molar-refractivity contribution in [2.75, 3.05) is 12.4 Å². The van der Waals surface area contributed by atoms with Crippen LogP contribution in [0.2, 0.25) is 0 Å². The van der Waals surface area contributed by atoms with Crippen molar-refractivity contribution in [3.8, 4) is 0 Å². The van der Waals surface area contributed by atoms with Crippen LogP contribution in [-0.4, -0.2) is 28.3 Å². The van der Waals surface area contributed by atoms with Gasteiger partial charge in [-0.2, -0.15) is 0 Å². The Bertz CT molecular complexity index is 633. The zero-order chi connectivity index (χ0) is 16.8. The van der Waals surface area contributed by atoms with Gasteiger partial charge >= 0.3 is 0 Å². The molecule has 122 valence electrons. The third-order valence-electron chi connectivity index (χ3n) is 3.81. The Balaban J connectivity index is 2.18. The summed E-state index contributed by atoms with van der Waals surface area (Å²) in [6, 6.07) is 17.0. The van der Waals surface area contributed by atoms with E-state index < -0.39 is 6.10 Å². The van der Waals surface area contributed by atoms with Crippen LogP contribution in [0, 0.1) is 0 Å². The summed E-state index contributed by atoms with van der Waals surface area (Å²) in [7, 11) is 0. The fraction of sp³-hybridized carbons (Fsp3) is 0.278. The normalized spacial score (nSPS) is 13.4. The highest BCUT2D eigenvalue weighted by Crippen LogP contribution is 2.25. The van der Waals surface area contributed by atoms with Crippen LogP contribution in [0.1, 0.15) is 30.2 Å². The van der Waals surface area contributed by atoms with E-state index in [1.54, 1.807) is 4.90 Å². The lowest BCUT2D eigenvalue weighted by molar-refractivity contribution is -0.132. The van der Waals surface area contributed by atoms with Gasteiger partial charge in [-0.3, -0.25) is 4.79 Å². The Hall–Kier alpha value is -1.36. The second-order valence-electron chi connectivity index (χ2n) is 5.33. The molecular formula is C18H19BrClNO2. The number of rotatable bonds is 6. The summed E-state index contributed by atoms with van der Waals surface area (Å²) in [5.74, 6) is -0.302. The van der Waals surface area contributed by atoms with Gasteiger partial charge in [0.2, 0.25) is 5.91 Å². The number of carbonyl (C=O) groups excluding carboxylic acids is 1. The smallest absolute Gasteiger partial charge is 0.238 e. The van der Waals surface area contributed by atoms with Crippen LogP contribution < -0.4 is 0 Å². The van der Waals surface area contributed by atoms with Crippen LogP contribution in [0.3, 0.4) is 0 Å². The van der Waals surface area contributed by atoms with E-state index in [9.17, 15) is 9.90 Å². The van der Waals surface area contributed by atoms with Gasteiger partial charge in [0.15, 0.2) is 0 Å². The lowest BCUT2D eigenvalue weighted by Gasteiger charge is -2.31. The zero-order valence-electron chi connectivity index (χ0n) is 12.8. The van der Waals surface area contributed by atoms with Gasteiger partial charge in [0, 0.05) is 4.47 Å². The van der Waals surface area contributed by atoms with Crippen LogP contribution in [0.4, 0.5) is 0 Å². The van der Waals surface area contributed by atoms with E-state index in [0.717, 1.165) is 15.6 Å². The van der Waals surface area contributed by atoms with Crippen LogP contribution >= 0.6 is 27.5 Å². The van der Waals surface area contributed by atoms with Gasteiger partial charge in [-0.05, 0) is 30.2 Å². The minimum absolute atomic E-state index is 0.107. The predicted octanol–water partition coefficient (Wildman–Crippen LogP) is 4.31. The van der Waals surface area contributed by atoms with Crippen LogP contribution in [0.25, 0.3) is 0 Å². The standard InChI is InChI=1S/C18H19BrClNO2/c1-13(14-5-3-2-4-6-14)21(18(23)11-20)12-17(22)15-7-9-16(19)10-8-15/h2-10,13,17,22H,11-12H2,1H3/t13-,17+/m0/s1. The summed E-state index contributed by atoms with van der Waals surface area (Å²) in [4.78, 5) is 13.8. The monoisotopic (exact) mass is 395 g/mol. The maximum atomic E-state index is 12.2. The molecule has 2 aromatic rings. The van der Waals surface area contributed by atoms with Gasteiger partial charge in [-0.25, -0.2) is 0 Å². The first kappa shape index (κ1) is 18.0. The number of carbonyl (C=O) groups is 1. The first-order valence-electron chi connectivity index (χ1n) is 7.37. The quantitative estimate of drug-likeness (QED) is 0.739. The van der Waals surface area contributed by atoms with Crippen molar-refractivity contribution in [1.29, 1.82) is 0 Å². The van der Waals surface area contributed by atoms with Crippen molar-refractivity contribution in [2.45, 2.75) is 19.1 Å². The summed E-state index contributed by atoms with van der Waals surface area (Å²) < 4.78 is 0.944. The minimum atomic E-state index is -0.763. The maximum Gasteiger partial charge on any atom is 0.238 e. The molecule has 23 heavy (non-hydrogen) atoms. The molecule has 1 N–H and O–H groups in total. The van der Waals surface area contributed by atoms with Crippen molar-refractivity contribution in [1.82, 2.24) is 4.90 Å². The van der Waals surface area contributed by atoms with Gasteiger partial charge in [0.1, 0.15) is 5.88 Å². The van der Waals surface area contributed by atoms with E-state index in [0.29, 0.717) is 0 Å². The van der Waals surface area contributed by atoms with E-state index in [1.807, 2.05) is 61.5 Å². The SMILES string of the molecule is C[C@@H](c1ccccc1)N(C[C@@H](O)c1ccc(Br)cc1)C(=O)CCl. The van der Waals surface area contributed by atoms with Crippen molar-refractivity contribution in [3.05, 3.63) is 70.2 Å². The van der Waals surface area contributed by atoms with Gasteiger partial charge in [-0.15, -0.1) is 11.6 Å². The van der Waals surface area contributed by atoms with Gasteiger partial charge < -0.3 is 10.0 Å². The van der Waals surface area contributed by atoms with Crippen molar-refractivity contribution >= 4 is 33.4 Å². The first-order chi connectivity index (χ1) is 11.0. The molecule has 0 aliphatic heterocycles. The number of halogens is 2. The fourth-order valence-corrected chi connectivity index (χ4v) is 2.86. The molecule has 0 aliphatic rings. The summed E-state index contributed by atoms with van der Waals surface area (Å²) >= 11 is 9.12. The number of alkyl halides is 1. The number of nitrogens with zero attached hydrogens (tertiary/aromatic N) is 1. The molecule has 0 saturated carbocycles. The molecule has 2 atom stereocenters. The molecule has 0 aromatic heterocycles. The Morgan fingerprint density at radius 2 is 1.74 bits per heavy atom. The molecule has 0 fully saturated rings. The van der Waals surface area contributed by atoms with E-state index >= 15 is 0 Å². The largest absolute Gasteiger partial charge is 0.387 e. The number of hydrogen-bond donors (Lipinski definition) is 1. The molecular weight excluding hydrogens is 378 g/mol. The third kappa shape index (κ3) is 4.80. The van der Waals surface area contributed by atoms with Crippen molar-refractivity contribution < 1.29 is 9.90 Å². The molecule has 0 heterocycles. The van der Waals surface area contributed by atoms with Crippen molar-refractivity contribution in [3.63, 3.8) is 0 Å². The van der Waals surface area contributed by atoms with E-state index in [4.69, 9.17) is 11.6 Å². The Labute approximate surface area is 150 Å². The fourth-order valence-electron chi connectivity index (χ4n) is 2.44. The average molecular weight is 397 g/mol. The number of amides is 1. The second kappa shape index (κ2) is 8.48. The molecule has 1 amide bonds. The summed E-state index contributed by atoms with van der Waals surface area (Å²) in [6.07, 6.45) is -0.763. The van der Waals surface area contributed by atoms with Gasteiger partial charge in [0.05, 0.1) is 18.7 Å². The molecule has 0 saturated heterocycles. The van der Waals surface area contributed by atoms with E-state index in [-0.39, 0.29) is 24.4 Å². The molecule has 0 spiro atoms. The molecule has 0 unspecified atom stereocenters. The molecule has 3 nitrogen and oxygen atoms in total. The highest BCUT2D eigenvalue weighted by Gasteiger charge is 2.24. The molecule has 2 aromatic carbocycles. The lowest BCUT2D eigenvalue weighted by Crippen LogP contribution is -2.37. The number of hydrogen-bond acceptors (Lipinski definition) is 2. The highest BCUT2D eigenvalue weighted by atomic mass is 79.9. The Kier molecular flexibility index (Phi) is 6.63. The summed E-state index contributed by atoms with van der Waals surface area (Å²) in [6.45, 7) is 2.14. The molecule has 5 heteroatoms. The molecule has 0 bridgehead atoms. The van der Waals surface area contributed by atoms with Gasteiger partial charge in [0.25, 0.3) is 0 Å². The second-order valence-corrected chi connectivity index (χ2v) is 6.52. The molecule has 0 aliphatic carbocycles. The summed E-state index contributed by atoms with van der Waals surface area (Å²) in [5, 5.41) is 10.5. The van der Waals surface area contributed by atoms with Crippen LogP contribution in [0.5, 0.6) is 0 Å². The minimum Gasteiger partial charge on any atom is -0.387 e. The van der Waals surface area contributed by atoms with Crippen molar-refractivity contribution in [2.24, 2.45) is 0 Å². The molecule has 0 radical (unpaired) electrons. The third-order valence-corrected chi connectivity index (χ3v) is 4.57. The lowest BCUT2D eigenvalue weighted by atomic mass is 10.0. The highest BCUT2D eigenvalue weighted by molar-refractivity contribution is 9.10.